The van der Waals surface area contributed by atoms with E-state index in [0.717, 1.165) is 12.8 Å². The maximum absolute atomic E-state index is 11.1. The SMILES string of the molecule is CC(=O)C1CCCN1C(=O)CO. The van der Waals surface area contributed by atoms with Crippen molar-refractivity contribution >= 4 is 11.7 Å². The second kappa shape index (κ2) is 3.67. The van der Waals surface area contributed by atoms with Crippen LogP contribution < -0.4 is 0 Å². The number of aliphatic hydroxyl groups is 1. The van der Waals surface area contributed by atoms with Crippen molar-refractivity contribution in [1.29, 1.82) is 0 Å². The lowest BCUT2D eigenvalue weighted by Gasteiger charge is -2.21. The number of amides is 1. The molecular weight excluding hydrogens is 158 g/mol. The minimum atomic E-state index is -0.496. The summed E-state index contributed by atoms with van der Waals surface area (Å²) in [5.74, 6) is -0.331. The van der Waals surface area contributed by atoms with Gasteiger partial charge in [-0.3, -0.25) is 9.59 Å². The fraction of sp³-hybridized carbons (Fsp3) is 0.750. The third kappa shape index (κ3) is 1.64. The molecule has 12 heavy (non-hydrogen) atoms. The van der Waals surface area contributed by atoms with E-state index in [1.54, 1.807) is 0 Å². The van der Waals surface area contributed by atoms with Crippen LogP contribution in [0.5, 0.6) is 0 Å². The van der Waals surface area contributed by atoms with Gasteiger partial charge in [0.1, 0.15) is 6.61 Å². The summed E-state index contributed by atoms with van der Waals surface area (Å²) in [7, 11) is 0. The molecule has 1 atom stereocenters. The van der Waals surface area contributed by atoms with Crippen LogP contribution in [0.4, 0.5) is 0 Å². The van der Waals surface area contributed by atoms with Gasteiger partial charge in [-0.25, -0.2) is 0 Å². The Morgan fingerprint density at radius 3 is 2.75 bits per heavy atom. The zero-order valence-electron chi connectivity index (χ0n) is 7.12. The number of ketones is 1. The molecule has 1 fully saturated rings. The largest absolute Gasteiger partial charge is 0.387 e. The molecule has 68 valence electrons. The van der Waals surface area contributed by atoms with Gasteiger partial charge in [0.2, 0.25) is 5.91 Å². The standard InChI is InChI=1S/C8H13NO3/c1-6(11)7-3-2-4-9(7)8(12)5-10/h7,10H,2-5H2,1H3. The first-order valence-corrected chi connectivity index (χ1v) is 4.07. The molecule has 1 saturated heterocycles. The highest BCUT2D eigenvalue weighted by Gasteiger charge is 2.30. The molecule has 1 unspecified atom stereocenters. The van der Waals surface area contributed by atoms with E-state index in [0.29, 0.717) is 6.54 Å². The van der Waals surface area contributed by atoms with Gasteiger partial charge in [-0.05, 0) is 19.8 Å². The Labute approximate surface area is 71.2 Å². The highest BCUT2D eigenvalue weighted by molar-refractivity contribution is 5.88. The molecule has 0 radical (unpaired) electrons. The van der Waals surface area contributed by atoms with Crippen LogP contribution in [-0.4, -0.2) is 40.9 Å². The monoisotopic (exact) mass is 171 g/mol. The van der Waals surface area contributed by atoms with Gasteiger partial charge in [-0.2, -0.15) is 0 Å². The summed E-state index contributed by atoms with van der Waals surface area (Å²) in [6.45, 7) is 1.58. The highest BCUT2D eigenvalue weighted by atomic mass is 16.3. The lowest BCUT2D eigenvalue weighted by atomic mass is 10.1. The molecule has 0 aromatic rings. The van der Waals surface area contributed by atoms with Crippen molar-refractivity contribution in [2.45, 2.75) is 25.8 Å². The van der Waals surface area contributed by atoms with Gasteiger partial charge in [0.05, 0.1) is 6.04 Å². The molecule has 0 spiro atoms. The summed E-state index contributed by atoms with van der Waals surface area (Å²) in [5, 5.41) is 8.59. The van der Waals surface area contributed by atoms with Gasteiger partial charge < -0.3 is 10.0 Å². The molecule has 4 nitrogen and oxygen atoms in total. The van der Waals surface area contributed by atoms with E-state index in [1.165, 1.54) is 11.8 Å². The predicted molar refractivity (Wildman–Crippen MR) is 42.5 cm³/mol. The zero-order chi connectivity index (χ0) is 9.14. The minimum absolute atomic E-state index is 0.00861. The lowest BCUT2D eigenvalue weighted by Crippen LogP contribution is -2.40. The van der Waals surface area contributed by atoms with Gasteiger partial charge in [0.25, 0.3) is 0 Å². The van der Waals surface area contributed by atoms with Crippen LogP contribution in [0.1, 0.15) is 19.8 Å². The fourth-order valence-corrected chi connectivity index (χ4v) is 1.58. The van der Waals surface area contributed by atoms with E-state index >= 15 is 0 Å². The number of aliphatic hydroxyl groups excluding tert-OH is 1. The highest BCUT2D eigenvalue weighted by Crippen LogP contribution is 2.17. The van der Waals surface area contributed by atoms with Gasteiger partial charge in [0, 0.05) is 6.54 Å². The van der Waals surface area contributed by atoms with Crippen molar-refractivity contribution in [2.75, 3.05) is 13.2 Å². The van der Waals surface area contributed by atoms with Gasteiger partial charge >= 0.3 is 0 Å². The van der Waals surface area contributed by atoms with Crippen molar-refractivity contribution in [3.63, 3.8) is 0 Å². The number of hydrogen-bond acceptors (Lipinski definition) is 3. The van der Waals surface area contributed by atoms with Gasteiger partial charge in [0.15, 0.2) is 5.78 Å². The number of Topliss-reactive ketones (excluding diaryl/α,β-unsaturated/α-hetero) is 1. The van der Waals surface area contributed by atoms with Crippen LogP contribution in [0.15, 0.2) is 0 Å². The molecule has 0 aromatic heterocycles. The first-order valence-electron chi connectivity index (χ1n) is 4.07. The predicted octanol–water partition coefficient (Wildman–Crippen LogP) is -0.441. The van der Waals surface area contributed by atoms with Crippen molar-refractivity contribution in [3.8, 4) is 0 Å². The number of rotatable bonds is 2. The first kappa shape index (κ1) is 9.19. The average molecular weight is 171 g/mol. The Balaban J connectivity index is 2.63. The van der Waals surface area contributed by atoms with E-state index in [1.807, 2.05) is 0 Å². The van der Waals surface area contributed by atoms with Gasteiger partial charge in [-0.1, -0.05) is 0 Å². The van der Waals surface area contributed by atoms with Crippen molar-refractivity contribution in [2.24, 2.45) is 0 Å². The van der Waals surface area contributed by atoms with E-state index < -0.39 is 6.61 Å². The molecule has 1 aliphatic heterocycles. The third-order valence-corrected chi connectivity index (χ3v) is 2.18. The van der Waals surface area contributed by atoms with Crippen molar-refractivity contribution < 1.29 is 14.7 Å². The molecule has 0 saturated carbocycles. The summed E-state index contributed by atoms with van der Waals surface area (Å²) in [6, 6.07) is -0.287. The Hall–Kier alpha value is -0.900. The van der Waals surface area contributed by atoms with Crippen LogP contribution in [0.25, 0.3) is 0 Å². The van der Waals surface area contributed by atoms with Crippen LogP contribution in [0.3, 0.4) is 0 Å². The van der Waals surface area contributed by atoms with Gasteiger partial charge in [-0.15, -0.1) is 0 Å². The van der Waals surface area contributed by atoms with Crippen LogP contribution in [0.2, 0.25) is 0 Å². The molecule has 1 heterocycles. The molecule has 0 bridgehead atoms. The summed E-state index contributed by atoms with van der Waals surface area (Å²) in [6.07, 6.45) is 1.59. The quantitative estimate of drug-likeness (QED) is 0.612. The van der Waals surface area contributed by atoms with Crippen molar-refractivity contribution in [1.82, 2.24) is 4.90 Å². The fourth-order valence-electron chi connectivity index (χ4n) is 1.58. The number of nitrogens with zero attached hydrogens (tertiary/aromatic N) is 1. The topological polar surface area (TPSA) is 57.6 Å². The Bertz CT molecular complexity index is 202. The second-order valence-corrected chi connectivity index (χ2v) is 3.01. The number of likely N-dealkylation sites (tertiary alicyclic amines) is 1. The molecule has 1 amide bonds. The summed E-state index contributed by atoms with van der Waals surface area (Å²) in [4.78, 5) is 23.5. The molecule has 1 rings (SSSR count). The molecule has 0 aliphatic carbocycles. The molecule has 0 aromatic carbocycles. The van der Waals surface area contributed by atoms with E-state index in [9.17, 15) is 9.59 Å². The maximum Gasteiger partial charge on any atom is 0.248 e. The molecular formula is C8H13NO3. The Morgan fingerprint density at radius 1 is 1.58 bits per heavy atom. The lowest BCUT2D eigenvalue weighted by molar-refractivity contribution is -0.139. The summed E-state index contributed by atoms with van der Waals surface area (Å²) >= 11 is 0. The van der Waals surface area contributed by atoms with Crippen LogP contribution in [0, 0.1) is 0 Å². The average Bonchev–Trinajstić information content (AvgIpc) is 2.50. The maximum atomic E-state index is 11.1. The van der Waals surface area contributed by atoms with Crippen LogP contribution in [-0.2, 0) is 9.59 Å². The molecule has 1 N–H and O–H groups in total. The normalized spacial score (nSPS) is 22.8. The van der Waals surface area contributed by atoms with E-state index in [-0.39, 0.29) is 17.7 Å². The van der Waals surface area contributed by atoms with Crippen LogP contribution >= 0.6 is 0 Å². The van der Waals surface area contributed by atoms with E-state index in [4.69, 9.17) is 5.11 Å². The smallest absolute Gasteiger partial charge is 0.248 e. The van der Waals surface area contributed by atoms with Crippen molar-refractivity contribution in [3.05, 3.63) is 0 Å². The number of hydrogen-bond donors (Lipinski definition) is 1. The first-order chi connectivity index (χ1) is 5.66. The Morgan fingerprint density at radius 2 is 2.25 bits per heavy atom. The second-order valence-electron chi connectivity index (χ2n) is 3.01. The number of carbonyl (C=O) groups is 2. The zero-order valence-corrected chi connectivity index (χ0v) is 7.12. The number of carbonyl (C=O) groups excluding carboxylic acids is 2. The summed E-state index contributed by atoms with van der Waals surface area (Å²) in [5.41, 5.74) is 0. The van der Waals surface area contributed by atoms with E-state index in [2.05, 4.69) is 0 Å². The molecule has 1 aliphatic rings. The summed E-state index contributed by atoms with van der Waals surface area (Å²) < 4.78 is 0. The molecule has 4 heteroatoms. The third-order valence-electron chi connectivity index (χ3n) is 2.18. The Kier molecular flexibility index (Phi) is 2.81. The minimum Gasteiger partial charge on any atom is -0.387 e.